The van der Waals surface area contributed by atoms with Gasteiger partial charge in [-0.15, -0.1) is 0 Å². The number of fused-ring (bicyclic) bond motifs is 1. The zero-order valence-electron chi connectivity index (χ0n) is 22.5. The van der Waals surface area contributed by atoms with Crippen LogP contribution in [0.25, 0.3) is 0 Å². The molecule has 2 aliphatic rings. The fourth-order valence-corrected chi connectivity index (χ4v) is 19.8. The molecule has 4 heteroatoms. The average molecular weight is 623 g/mol. The molecule has 3 nitrogen and oxygen atoms in total. The summed E-state index contributed by atoms with van der Waals surface area (Å²) in [6.07, 6.45) is 1.67. The maximum absolute atomic E-state index is 6.85. The van der Waals surface area contributed by atoms with Gasteiger partial charge in [0.2, 0.25) is 0 Å². The first-order valence-corrected chi connectivity index (χ1v) is 19.9. The number of hydrogen-bond donors (Lipinski definition) is 0. The third-order valence-corrected chi connectivity index (χ3v) is 21.5. The Labute approximate surface area is 236 Å². The van der Waals surface area contributed by atoms with E-state index in [0.29, 0.717) is 19.8 Å². The van der Waals surface area contributed by atoms with Gasteiger partial charge in [-0.1, -0.05) is 0 Å². The Morgan fingerprint density at radius 1 is 0.769 bits per heavy atom. The zero-order chi connectivity index (χ0) is 26.5. The fraction of sp³-hybridized carbons (Fsp3) is 0.257. The predicted molar refractivity (Wildman–Crippen MR) is 160 cm³/mol. The van der Waals surface area contributed by atoms with Crippen LogP contribution in [-0.2, 0) is 19.8 Å². The van der Waals surface area contributed by atoms with Gasteiger partial charge in [0.15, 0.2) is 0 Å². The third-order valence-electron chi connectivity index (χ3n) is 8.54. The van der Waals surface area contributed by atoms with E-state index in [-0.39, 0.29) is 12.0 Å². The van der Waals surface area contributed by atoms with Crippen molar-refractivity contribution in [2.45, 2.75) is 24.5 Å². The van der Waals surface area contributed by atoms with Crippen molar-refractivity contribution in [2.75, 3.05) is 26.9 Å². The van der Waals surface area contributed by atoms with Crippen LogP contribution >= 0.6 is 0 Å². The molecule has 39 heavy (non-hydrogen) atoms. The predicted octanol–water partition coefficient (Wildman–Crippen LogP) is 4.99. The average Bonchev–Trinajstić information content (AvgIpc) is 3.41. The van der Waals surface area contributed by atoms with Gasteiger partial charge in [0.25, 0.3) is 0 Å². The van der Waals surface area contributed by atoms with Crippen LogP contribution in [0.3, 0.4) is 0 Å². The van der Waals surface area contributed by atoms with Crippen LogP contribution < -0.4 is 10.7 Å². The SMILES string of the molecule is COCC[C@H]1OC[C@@H]2/C(=[CH]/[Sn]([c]3ccccc3)([c]3ccccc3)[c]3ccccc3)CCO[C@@]21c1ccccc1. The molecule has 2 aliphatic heterocycles. The Balaban J connectivity index is 1.58. The molecule has 0 aliphatic carbocycles. The van der Waals surface area contributed by atoms with E-state index in [9.17, 15) is 0 Å². The second-order valence-corrected chi connectivity index (χ2v) is 20.9. The fourth-order valence-electron chi connectivity index (χ4n) is 6.77. The zero-order valence-corrected chi connectivity index (χ0v) is 25.4. The minimum atomic E-state index is -3.62. The van der Waals surface area contributed by atoms with E-state index in [1.54, 1.807) is 7.11 Å². The Morgan fingerprint density at radius 3 is 1.79 bits per heavy atom. The summed E-state index contributed by atoms with van der Waals surface area (Å²) in [6.45, 7) is 2.00. The van der Waals surface area contributed by atoms with Crippen LogP contribution in [0.2, 0.25) is 0 Å². The molecule has 0 aromatic heterocycles. The topological polar surface area (TPSA) is 27.7 Å². The van der Waals surface area contributed by atoms with Crippen molar-refractivity contribution in [3.05, 3.63) is 137 Å². The molecule has 4 aromatic rings. The molecule has 0 radical (unpaired) electrons. The molecule has 0 saturated carbocycles. The molecule has 2 heterocycles. The number of benzene rings is 4. The van der Waals surface area contributed by atoms with Gasteiger partial charge in [0, 0.05) is 0 Å². The third kappa shape index (κ3) is 4.80. The van der Waals surface area contributed by atoms with Gasteiger partial charge >= 0.3 is 237 Å². The molecule has 2 fully saturated rings. The summed E-state index contributed by atoms with van der Waals surface area (Å²) in [5, 5.41) is 0. The summed E-state index contributed by atoms with van der Waals surface area (Å²) in [5.41, 5.74) is 2.18. The van der Waals surface area contributed by atoms with E-state index in [1.165, 1.54) is 21.9 Å². The van der Waals surface area contributed by atoms with Crippen molar-refractivity contribution in [3.63, 3.8) is 0 Å². The monoisotopic (exact) mass is 624 g/mol. The number of rotatable bonds is 8. The van der Waals surface area contributed by atoms with Crippen molar-refractivity contribution in [1.29, 1.82) is 0 Å². The first-order valence-electron chi connectivity index (χ1n) is 14.0. The summed E-state index contributed by atoms with van der Waals surface area (Å²) >= 11 is -3.62. The molecule has 198 valence electrons. The molecule has 3 atom stereocenters. The Bertz CT molecular complexity index is 1280. The van der Waals surface area contributed by atoms with Gasteiger partial charge in [0.1, 0.15) is 0 Å². The molecular formula is C35H36O3Sn. The van der Waals surface area contributed by atoms with E-state index in [1.807, 2.05) is 0 Å². The van der Waals surface area contributed by atoms with Crippen LogP contribution in [0.4, 0.5) is 0 Å². The van der Waals surface area contributed by atoms with Gasteiger partial charge in [0.05, 0.1) is 0 Å². The van der Waals surface area contributed by atoms with Gasteiger partial charge in [-0.3, -0.25) is 0 Å². The van der Waals surface area contributed by atoms with Gasteiger partial charge in [-0.05, 0) is 0 Å². The van der Waals surface area contributed by atoms with E-state index in [4.69, 9.17) is 14.2 Å². The van der Waals surface area contributed by atoms with Crippen LogP contribution in [0.5, 0.6) is 0 Å². The van der Waals surface area contributed by atoms with Crippen LogP contribution in [0, 0.1) is 5.92 Å². The van der Waals surface area contributed by atoms with Gasteiger partial charge < -0.3 is 0 Å². The second-order valence-electron chi connectivity index (χ2n) is 10.5. The van der Waals surface area contributed by atoms with Crippen molar-refractivity contribution >= 4 is 29.1 Å². The van der Waals surface area contributed by atoms with Crippen molar-refractivity contribution in [3.8, 4) is 0 Å². The molecule has 6 rings (SSSR count). The summed E-state index contributed by atoms with van der Waals surface area (Å²) in [4.78, 5) is 0. The van der Waals surface area contributed by atoms with Crippen LogP contribution in [0.15, 0.2) is 131 Å². The van der Waals surface area contributed by atoms with E-state index >= 15 is 0 Å². The standard InChI is InChI=1S/C17H21O3.3C6H5.Sn/c1-13-8-11-20-17(14-6-4-3-5-7-14)15(13)12-19-16(17)9-10-18-2;3*1-2-4-6-5-3-1;/h1,3-7,15-16H,8-12H2,2H3;3*1-5H;/t15-,16-,17+;;;;/m1..../s1. The molecule has 0 spiro atoms. The van der Waals surface area contributed by atoms with E-state index in [0.717, 1.165) is 12.8 Å². The van der Waals surface area contributed by atoms with Crippen LogP contribution in [-0.4, -0.2) is 51.4 Å². The minimum absolute atomic E-state index is 0.0525. The maximum atomic E-state index is 6.85. The molecule has 0 bridgehead atoms. The van der Waals surface area contributed by atoms with Crippen molar-refractivity contribution in [1.82, 2.24) is 0 Å². The summed E-state index contributed by atoms with van der Waals surface area (Å²) in [6, 6.07) is 44.4. The van der Waals surface area contributed by atoms with Crippen molar-refractivity contribution in [2.24, 2.45) is 5.92 Å². The molecule has 4 aromatic carbocycles. The molecule has 0 N–H and O–H groups in total. The Morgan fingerprint density at radius 2 is 1.28 bits per heavy atom. The van der Waals surface area contributed by atoms with Gasteiger partial charge in [-0.25, -0.2) is 0 Å². The Hall–Kier alpha value is -2.70. The summed E-state index contributed by atoms with van der Waals surface area (Å²) in [7, 11) is 1.76. The summed E-state index contributed by atoms with van der Waals surface area (Å²) in [5.74, 6) is 0.155. The van der Waals surface area contributed by atoms with E-state index in [2.05, 4.69) is 125 Å². The molecule has 2 saturated heterocycles. The first-order chi connectivity index (χ1) is 19.3. The molecule has 0 amide bonds. The van der Waals surface area contributed by atoms with E-state index < -0.39 is 24.0 Å². The van der Waals surface area contributed by atoms with Crippen LogP contribution in [0.1, 0.15) is 18.4 Å². The second kappa shape index (κ2) is 11.8. The first kappa shape index (κ1) is 26.5. The van der Waals surface area contributed by atoms with Crippen molar-refractivity contribution < 1.29 is 14.2 Å². The number of hydrogen-bond acceptors (Lipinski definition) is 3. The molecular weight excluding hydrogens is 587 g/mol. The normalized spacial score (nSPS) is 24.0. The number of methoxy groups -OCH3 is 1. The summed E-state index contributed by atoms with van der Waals surface area (Å²) < 4.78 is 26.1. The Kier molecular flexibility index (Phi) is 8.03. The molecule has 0 unspecified atom stereocenters. The number of ether oxygens (including phenoxy) is 3. The quantitative estimate of drug-likeness (QED) is 0.259. The van der Waals surface area contributed by atoms with Gasteiger partial charge in [-0.2, -0.15) is 0 Å².